The van der Waals surface area contributed by atoms with E-state index in [1.807, 2.05) is 25.1 Å². The molecule has 2 heterocycles. The largest absolute Gasteiger partial charge is 0.378 e. The van der Waals surface area contributed by atoms with E-state index in [1.165, 1.54) is 0 Å². The summed E-state index contributed by atoms with van der Waals surface area (Å²) < 4.78 is 5.27. The number of benzene rings is 1. The predicted molar refractivity (Wildman–Crippen MR) is 90.4 cm³/mol. The van der Waals surface area contributed by atoms with Gasteiger partial charge in [-0.15, -0.1) is 0 Å². The molecule has 1 aliphatic rings. The molecule has 1 saturated heterocycles. The number of ether oxygens (including phenoxy) is 1. The van der Waals surface area contributed by atoms with E-state index in [-0.39, 0.29) is 5.91 Å². The first kappa shape index (κ1) is 15.8. The average Bonchev–Trinajstić information content (AvgIpc) is 2.58. The number of carbonyl (C=O) groups is 1. The minimum atomic E-state index is -0.0219. The third kappa shape index (κ3) is 3.81. The van der Waals surface area contributed by atoms with E-state index in [2.05, 4.69) is 10.3 Å². The maximum atomic E-state index is 12.5. The van der Waals surface area contributed by atoms with E-state index in [0.717, 1.165) is 16.9 Å². The standard InChI is InChI=1S/C17H18ClN3O2/c1-12-2-3-14(9-16(12)18)20-15-8-13(10-19-11-15)17(22)21-4-6-23-7-5-21/h2-3,8-11,20H,4-7H2,1H3. The molecule has 1 aromatic carbocycles. The fourth-order valence-corrected chi connectivity index (χ4v) is 2.59. The van der Waals surface area contributed by atoms with Gasteiger partial charge in [0, 0.05) is 30.0 Å². The molecule has 0 aliphatic carbocycles. The van der Waals surface area contributed by atoms with Gasteiger partial charge in [0.15, 0.2) is 0 Å². The summed E-state index contributed by atoms with van der Waals surface area (Å²) in [5.74, 6) is -0.0219. The van der Waals surface area contributed by atoms with Gasteiger partial charge in [-0.2, -0.15) is 0 Å². The monoisotopic (exact) mass is 331 g/mol. The number of hydrogen-bond acceptors (Lipinski definition) is 4. The Hall–Kier alpha value is -2.11. The lowest BCUT2D eigenvalue weighted by atomic mass is 10.2. The molecular weight excluding hydrogens is 314 g/mol. The smallest absolute Gasteiger partial charge is 0.255 e. The second-order valence-electron chi connectivity index (χ2n) is 5.46. The van der Waals surface area contributed by atoms with Crippen molar-refractivity contribution in [2.45, 2.75) is 6.92 Å². The second kappa shape index (κ2) is 6.98. The summed E-state index contributed by atoms with van der Waals surface area (Å²) >= 11 is 6.14. The Labute approximate surface area is 140 Å². The molecule has 0 bridgehead atoms. The van der Waals surface area contributed by atoms with Crippen molar-refractivity contribution in [2.24, 2.45) is 0 Å². The third-order valence-corrected chi connectivity index (χ3v) is 4.15. The van der Waals surface area contributed by atoms with Crippen LogP contribution in [0, 0.1) is 6.92 Å². The first-order valence-corrected chi connectivity index (χ1v) is 7.86. The highest BCUT2D eigenvalue weighted by Crippen LogP contribution is 2.23. The van der Waals surface area contributed by atoms with Crippen LogP contribution in [-0.4, -0.2) is 42.1 Å². The Bertz CT molecular complexity index is 715. The summed E-state index contributed by atoms with van der Waals surface area (Å²) in [6, 6.07) is 7.55. The summed E-state index contributed by atoms with van der Waals surface area (Å²) in [6.45, 7) is 4.35. The van der Waals surface area contributed by atoms with Crippen LogP contribution >= 0.6 is 11.6 Å². The number of halogens is 1. The van der Waals surface area contributed by atoms with Crippen LogP contribution in [0.2, 0.25) is 5.02 Å². The fraction of sp³-hybridized carbons (Fsp3) is 0.294. The van der Waals surface area contributed by atoms with E-state index in [1.54, 1.807) is 23.4 Å². The molecule has 3 rings (SSSR count). The Balaban J connectivity index is 1.76. The highest BCUT2D eigenvalue weighted by Gasteiger charge is 2.19. The van der Waals surface area contributed by atoms with Gasteiger partial charge < -0.3 is 15.0 Å². The van der Waals surface area contributed by atoms with Crippen LogP contribution in [-0.2, 0) is 4.74 Å². The molecule has 23 heavy (non-hydrogen) atoms. The van der Waals surface area contributed by atoms with Crippen LogP contribution in [0.5, 0.6) is 0 Å². The molecule has 6 heteroatoms. The lowest BCUT2D eigenvalue weighted by Crippen LogP contribution is -2.40. The van der Waals surface area contributed by atoms with Crippen LogP contribution in [0.15, 0.2) is 36.7 Å². The summed E-state index contributed by atoms with van der Waals surface area (Å²) in [4.78, 5) is 18.4. The number of amides is 1. The number of aromatic nitrogens is 1. The minimum absolute atomic E-state index is 0.0219. The molecule has 0 atom stereocenters. The fourth-order valence-electron chi connectivity index (χ4n) is 2.41. The maximum Gasteiger partial charge on any atom is 0.255 e. The van der Waals surface area contributed by atoms with E-state index in [4.69, 9.17) is 16.3 Å². The van der Waals surface area contributed by atoms with Gasteiger partial charge in [0.1, 0.15) is 0 Å². The first-order valence-electron chi connectivity index (χ1n) is 7.49. The Morgan fingerprint density at radius 2 is 2.00 bits per heavy atom. The highest BCUT2D eigenvalue weighted by molar-refractivity contribution is 6.31. The molecule has 1 amide bonds. The van der Waals surface area contributed by atoms with E-state index in [9.17, 15) is 4.79 Å². The van der Waals surface area contributed by atoms with E-state index in [0.29, 0.717) is 36.9 Å². The number of nitrogens with one attached hydrogen (secondary N) is 1. The normalized spacial score (nSPS) is 14.6. The minimum Gasteiger partial charge on any atom is -0.378 e. The molecule has 1 fully saturated rings. The van der Waals surface area contributed by atoms with Gasteiger partial charge in [0.25, 0.3) is 5.91 Å². The van der Waals surface area contributed by atoms with Gasteiger partial charge in [0.2, 0.25) is 0 Å². The topological polar surface area (TPSA) is 54.5 Å². The zero-order valence-corrected chi connectivity index (χ0v) is 13.6. The van der Waals surface area contributed by atoms with Crippen molar-refractivity contribution in [3.8, 4) is 0 Å². The number of carbonyl (C=O) groups excluding carboxylic acids is 1. The van der Waals surface area contributed by atoms with Gasteiger partial charge in [0.05, 0.1) is 30.7 Å². The highest BCUT2D eigenvalue weighted by atomic mass is 35.5. The lowest BCUT2D eigenvalue weighted by molar-refractivity contribution is 0.0302. The maximum absolute atomic E-state index is 12.5. The van der Waals surface area contributed by atoms with Crippen molar-refractivity contribution in [3.63, 3.8) is 0 Å². The van der Waals surface area contributed by atoms with E-state index >= 15 is 0 Å². The number of nitrogens with zero attached hydrogens (tertiary/aromatic N) is 2. The molecule has 5 nitrogen and oxygen atoms in total. The van der Waals surface area contributed by atoms with Crippen LogP contribution in [0.25, 0.3) is 0 Å². The quantitative estimate of drug-likeness (QED) is 0.938. The molecule has 2 aromatic rings. The van der Waals surface area contributed by atoms with Crippen LogP contribution < -0.4 is 5.32 Å². The lowest BCUT2D eigenvalue weighted by Gasteiger charge is -2.26. The summed E-state index contributed by atoms with van der Waals surface area (Å²) in [5.41, 5.74) is 3.20. The van der Waals surface area contributed by atoms with Crippen molar-refractivity contribution in [1.82, 2.24) is 9.88 Å². The number of rotatable bonds is 3. The molecule has 1 aromatic heterocycles. The number of hydrogen-bond donors (Lipinski definition) is 1. The molecular formula is C17H18ClN3O2. The van der Waals surface area contributed by atoms with Crippen molar-refractivity contribution in [3.05, 3.63) is 52.8 Å². The van der Waals surface area contributed by atoms with Gasteiger partial charge in [-0.3, -0.25) is 9.78 Å². The summed E-state index contributed by atoms with van der Waals surface area (Å²) in [6.07, 6.45) is 3.27. The van der Waals surface area contributed by atoms with Crippen LogP contribution in [0.3, 0.4) is 0 Å². The summed E-state index contributed by atoms with van der Waals surface area (Å²) in [5, 5.41) is 3.93. The molecule has 0 radical (unpaired) electrons. The zero-order chi connectivity index (χ0) is 16.2. The molecule has 0 spiro atoms. The Kier molecular flexibility index (Phi) is 4.79. The zero-order valence-electron chi connectivity index (χ0n) is 12.9. The number of anilines is 2. The van der Waals surface area contributed by atoms with Crippen LogP contribution in [0.4, 0.5) is 11.4 Å². The van der Waals surface area contributed by atoms with Crippen molar-refractivity contribution < 1.29 is 9.53 Å². The summed E-state index contributed by atoms with van der Waals surface area (Å²) in [7, 11) is 0. The molecule has 0 unspecified atom stereocenters. The molecule has 1 aliphatic heterocycles. The van der Waals surface area contributed by atoms with Crippen molar-refractivity contribution in [1.29, 1.82) is 0 Å². The van der Waals surface area contributed by atoms with Gasteiger partial charge in [-0.1, -0.05) is 17.7 Å². The Morgan fingerprint density at radius 1 is 1.22 bits per heavy atom. The number of aryl methyl sites for hydroxylation is 1. The van der Waals surface area contributed by atoms with Gasteiger partial charge in [-0.25, -0.2) is 0 Å². The van der Waals surface area contributed by atoms with E-state index < -0.39 is 0 Å². The Morgan fingerprint density at radius 3 is 2.74 bits per heavy atom. The second-order valence-corrected chi connectivity index (χ2v) is 5.86. The third-order valence-electron chi connectivity index (χ3n) is 3.74. The first-order chi connectivity index (χ1) is 11.1. The molecule has 1 N–H and O–H groups in total. The number of pyridine rings is 1. The SMILES string of the molecule is Cc1ccc(Nc2cncc(C(=O)N3CCOCC3)c2)cc1Cl. The molecule has 120 valence electrons. The van der Waals surface area contributed by atoms with Gasteiger partial charge >= 0.3 is 0 Å². The van der Waals surface area contributed by atoms with Crippen molar-refractivity contribution in [2.75, 3.05) is 31.6 Å². The predicted octanol–water partition coefficient (Wildman–Crippen LogP) is 3.26. The van der Waals surface area contributed by atoms with Crippen LogP contribution in [0.1, 0.15) is 15.9 Å². The number of morpholine rings is 1. The molecule has 0 saturated carbocycles. The van der Waals surface area contributed by atoms with Crippen molar-refractivity contribution >= 4 is 28.9 Å². The average molecular weight is 332 g/mol. The van der Waals surface area contributed by atoms with Gasteiger partial charge in [-0.05, 0) is 30.7 Å².